The summed E-state index contributed by atoms with van der Waals surface area (Å²) < 4.78 is 0. The minimum Gasteiger partial charge on any atom is -0.390 e. The van der Waals surface area contributed by atoms with Gasteiger partial charge in [0.1, 0.15) is 0 Å². The zero-order valence-corrected chi connectivity index (χ0v) is 26.8. The molecule has 0 amide bonds. The van der Waals surface area contributed by atoms with Gasteiger partial charge in [-0.1, -0.05) is 62.3 Å². The molecule has 0 saturated heterocycles. The van der Waals surface area contributed by atoms with E-state index in [0.29, 0.717) is 5.92 Å². The number of hydrogen-bond donors (Lipinski definition) is 1. The SMILES string of the molecule is CC1C(C)C(C)C(C)C1C.CC1C(C)C(C)C(CC(C)(C)O)C1C.[CH3-].[CH3-].[Zr+3].[c-]1ccccc1. The summed E-state index contributed by atoms with van der Waals surface area (Å²) in [5.74, 6) is 8.49. The summed E-state index contributed by atoms with van der Waals surface area (Å²) in [6.07, 6.45) is 0.948. The minimum atomic E-state index is -0.503. The van der Waals surface area contributed by atoms with Crippen molar-refractivity contribution >= 4 is 0 Å². The van der Waals surface area contributed by atoms with E-state index in [4.69, 9.17) is 0 Å². The van der Waals surface area contributed by atoms with Crippen molar-refractivity contribution in [2.75, 3.05) is 0 Å². The van der Waals surface area contributed by atoms with Crippen LogP contribution in [0.4, 0.5) is 0 Å². The second-order valence-corrected chi connectivity index (χ2v) is 11.5. The van der Waals surface area contributed by atoms with E-state index in [1.54, 1.807) is 0 Å². The van der Waals surface area contributed by atoms with Crippen molar-refractivity contribution in [3.05, 3.63) is 51.3 Å². The summed E-state index contributed by atoms with van der Waals surface area (Å²) in [7, 11) is 0. The molecule has 0 aliphatic heterocycles. The molecule has 0 heterocycles. The van der Waals surface area contributed by atoms with Crippen molar-refractivity contribution in [3.63, 3.8) is 0 Å². The third-order valence-electron chi connectivity index (χ3n) is 9.33. The number of aliphatic hydroxyl groups is 1. The second kappa shape index (κ2) is 16.7. The van der Waals surface area contributed by atoms with Gasteiger partial charge in [-0.2, -0.15) is 36.4 Å². The van der Waals surface area contributed by atoms with Gasteiger partial charge in [-0.3, -0.25) is 0 Å². The fourth-order valence-corrected chi connectivity index (χ4v) is 5.90. The number of rotatable bonds is 2. The van der Waals surface area contributed by atoms with Crippen LogP contribution in [0.2, 0.25) is 0 Å². The first-order chi connectivity index (χ1) is 13.8. The first kappa shape index (κ1) is 37.6. The minimum absolute atomic E-state index is 0. The molecule has 4 unspecified atom stereocenters. The van der Waals surface area contributed by atoms with Crippen LogP contribution in [0, 0.1) is 80.1 Å². The van der Waals surface area contributed by atoms with Crippen LogP contribution in [-0.2, 0) is 26.2 Å². The van der Waals surface area contributed by atoms with Gasteiger partial charge in [0, 0.05) is 0 Å². The smallest absolute Gasteiger partial charge is 0.390 e. The average molecular weight is 537 g/mol. The summed E-state index contributed by atoms with van der Waals surface area (Å²) in [6.45, 7) is 25.3. The van der Waals surface area contributed by atoms with E-state index in [-0.39, 0.29) is 41.1 Å². The van der Waals surface area contributed by atoms with Gasteiger partial charge >= 0.3 is 26.2 Å². The Hall–Kier alpha value is 0.0631. The predicted octanol–water partition coefficient (Wildman–Crippen LogP) is 8.89. The summed E-state index contributed by atoms with van der Waals surface area (Å²) in [5.41, 5.74) is -0.503. The molecule has 2 aliphatic carbocycles. The quantitative estimate of drug-likeness (QED) is 0.374. The molecule has 1 aromatic rings. The molecule has 0 bridgehead atoms. The van der Waals surface area contributed by atoms with Gasteiger partial charge < -0.3 is 20.0 Å². The Bertz CT molecular complexity index is 495. The molecule has 1 nitrogen and oxygen atoms in total. The van der Waals surface area contributed by atoms with E-state index < -0.39 is 5.60 Å². The molecular formula is C31H57OZr. The largest absolute Gasteiger partial charge is 3.00 e. The molecule has 1 radical (unpaired) electrons. The van der Waals surface area contributed by atoms with E-state index in [0.717, 1.165) is 59.7 Å². The zero-order valence-electron chi connectivity index (χ0n) is 24.3. The zero-order chi connectivity index (χ0) is 23.2. The summed E-state index contributed by atoms with van der Waals surface area (Å²) in [6, 6.07) is 12.5. The fraction of sp³-hybridized carbons (Fsp3) is 0.742. The van der Waals surface area contributed by atoms with Gasteiger partial charge in [-0.15, -0.1) is 0 Å². The second-order valence-electron chi connectivity index (χ2n) is 11.5. The Morgan fingerprint density at radius 2 is 0.848 bits per heavy atom. The summed E-state index contributed by atoms with van der Waals surface area (Å²) >= 11 is 0. The Morgan fingerprint density at radius 3 is 1.03 bits per heavy atom. The molecular weight excluding hydrogens is 480 g/mol. The molecule has 2 heteroatoms. The van der Waals surface area contributed by atoms with Crippen LogP contribution in [0.5, 0.6) is 0 Å². The Labute approximate surface area is 229 Å². The van der Waals surface area contributed by atoms with Gasteiger partial charge in [0.25, 0.3) is 0 Å². The molecule has 33 heavy (non-hydrogen) atoms. The molecule has 4 atom stereocenters. The summed E-state index contributed by atoms with van der Waals surface area (Å²) in [4.78, 5) is 0. The third-order valence-corrected chi connectivity index (χ3v) is 9.33. The van der Waals surface area contributed by atoms with Crippen LogP contribution in [-0.4, -0.2) is 10.7 Å². The van der Waals surface area contributed by atoms with E-state index in [1.165, 1.54) is 0 Å². The van der Waals surface area contributed by atoms with Gasteiger partial charge in [0.05, 0.1) is 5.60 Å². The van der Waals surface area contributed by atoms with E-state index in [1.807, 2.05) is 44.2 Å². The Morgan fingerprint density at radius 1 is 0.576 bits per heavy atom. The standard InChI is InChI=1S/C13H26O.C10H20.C6H5.2CH3.Zr/c1-8-9(2)11(4)12(10(8)3)7-13(5,6)14;1-6-7(2)9(4)10(5)8(6)3;1-2-4-6-5-3-1;;;/h8-12,14H,7H2,1-6H3;6-10H,1-5H3;1-5H;2*1H3;/q;;3*-1;+3. The third kappa shape index (κ3) is 11.1. The molecule has 0 aromatic heterocycles. The van der Waals surface area contributed by atoms with Crippen LogP contribution in [0.3, 0.4) is 0 Å². The predicted molar refractivity (Wildman–Crippen MR) is 145 cm³/mol. The first-order valence-corrected chi connectivity index (χ1v) is 12.4. The van der Waals surface area contributed by atoms with Crippen LogP contribution >= 0.6 is 0 Å². The van der Waals surface area contributed by atoms with Gasteiger partial charge in [-0.25, -0.2) is 0 Å². The average Bonchev–Trinajstić information content (AvgIpc) is 2.99. The molecule has 3 rings (SSSR count). The van der Waals surface area contributed by atoms with Crippen molar-refractivity contribution in [1.29, 1.82) is 0 Å². The van der Waals surface area contributed by atoms with Crippen LogP contribution in [0.25, 0.3) is 0 Å². The normalized spacial score (nSPS) is 37.1. The fourth-order valence-electron chi connectivity index (χ4n) is 5.90. The van der Waals surface area contributed by atoms with Gasteiger partial charge in [0.15, 0.2) is 0 Å². The van der Waals surface area contributed by atoms with E-state index in [2.05, 4.69) is 68.4 Å². The van der Waals surface area contributed by atoms with E-state index in [9.17, 15) is 5.11 Å². The number of hydrogen-bond acceptors (Lipinski definition) is 1. The Kier molecular flexibility index (Phi) is 19.0. The van der Waals surface area contributed by atoms with Crippen molar-refractivity contribution in [3.8, 4) is 0 Å². The number of benzene rings is 1. The topological polar surface area (TPSA) is 20.2 Å². The van der Waals surface area contributed by atoms with Crippen molar-refractivity contribution in [1.82, 2.24) is 0 Å². The maximum absolute atomic E-state index is 9.89. The van der Waals surface area contributed by atoms with Crippen molar-refractivity contribution < 1.29 is 31.3 Å². The van der Waals surface area contributed by atoms with Crippen molar-refractivity contribution in [2.24, 2.45) is 59.2 Å². The van der Waals surface area contributed by atoms with Crippen LogP contribution in [0.15, 0.2) is 30.3 Å². The van der Waals surface area contributed by atoms with E-state index >= 15 is 0 Å². The Balaban J connectivity index is -0.000000418. The molecule has 1 N–H and O–H groups in total. The van der Waals surface area contributed by atoms with Crippen LogP contribution in [0.1, 0.15) is 82.6 Å². The molecule has 2 aliphatic rings. The molecule has 1 aromatic carbocycles. The van der Waals surface area contributed by atoms with Crippen LogP contribution < -0.4 is 0 Å². The van der Waals surface area contributed by atoms with Crippen molar-refractivity contribution in [2.45, 2.75) is 88.2 Å². The monoisotopic (exact) mass is 535 g/mol. The molecule has 191 valence electrons. The van der Waals surface area contributed by atoms with Gasteiger partial charge in [-0.05, 0) is 79.4 Å². The molecule has 2 saturated carbocycles. The van der Waals surface area contributed by atoms with Gasteiger partial charge in [0.2, 0.25) is 0 Å². The first-order valence-electron chi connectivity index (χ1n) is 12.4. The molecule has 0 spiro atoms. The maximum Gasteiger partial charge on any atom is 3.00 e. The maximum atomic E-state index is 9.89. The summed E-state index contributed by atoms with van der Waals surface area (Å²) in [5, 5.41) is 9.89. The molecule has 2 fully saturated rings.